The molecule has 1 unspecified atom stereocenters. The standard InChI is InChI=1S/C28H33N3O4/c1-7-8-24(32)31(29-26(34)20-9-13-21(14-10-20)28(4,5)6)23-17-25(33)30(27(23)35)22-15-11-19(12-16-22)18(2)3/h7-16,18,23H,17H2,1-6H3,(H,29,34). The van der Waals surface area contributed by atoms with Crippen LogP contribution in [0.25, 0.3) is 0 Å². The van der Waals surface area contributed by atoms with Gasteiger partial charge in [-0.05, 0) is 53.6 Å². The first kappa shape index (κ1) is 25.9. The minimum Gasteiger partial charge on any atom is -0.274 e. The molecule has 1 aliphatic heterocycles. The zero-order valence-electron chi connectivity index (χ0n) is 21.2. The number of allylic oxidation sites excluding steroid dienone is 1. The Hall–Kier alpha value is -3.74. The lowest BCUT2D eigenvalue weighted by atomic mass is 9.87. The Morgan fingerprint density at radius 1 is 1.03 bits per heavy atom. The second-order valence-electron chi connectivity index (χ2n) is 10.0. The van der Waals surface area contributed by atoms with Crippen LogP contribution in [0, 0.1) is 0 Å². The van der Waals surface area contributed by atoms with Crippen molar-refractivity contribution in [2.75, 3.05) is 4.90 Å². The average Bonchev–Trinajstić information content (AvgIpc) is 3.10. The summed E-state index contributed by atoms with van der Waals surface area (Å²) < 4.78 is 0. The fraction of sp³-hybridized carbons (Fsp3) is 0.357. The minimum absolute atomic E-state index is 0.0730. The third kappa shape index (κ3) is 5.67. The third-order valence-corrected chi connectivity index (χ3v) is 6.03. The van der Waals surface area contributed by atoms with Crippen molar-refractivity contribution in [1.82, 2.24) is 10.4 Å². The number of anilines is 1. The third-order valence-electron chi connectivity index (χ3n) is 6.03. The van der Waals surface area contributed by atoms with Crippen LogP contribution in [0.4, 0.5) is 5.69 Å². The maximum atomic E-state index is 13.3. The van der Waals surface area contributed by atoms with E-state index in [0.717, 1.165) is 21.0 Å². The van der Waals surface area contributed by atoms with Crippen molar-refractivity contribution in [2.24, 2.45) is 0 Å². The van der Waals surface area contributed by atoms with Crippen molar-refractivity contribution in [2.45, 2.75) is 65.3 Å². The van der Waals surface area contributed by atoms with Crippen LogP contribution in [-0.2, 0) is 19.8 Å². The zero-order chi connectivity index (χ0) is 25.9. The Labute approximate surface area is 206 Å². The van der Waals surface area contributed by atoms with Gasteiger partial charge in [0.05, 0.1) is 12.1 Å². The van der Waals surface area contributed by atoms with Crippen molar-refractivity contribution in [3.05, 3.63) is 77.4 Å². The molecule has 0 aromatic heterocycles. The summed E-state index contributed by atoms with van der Waals surface area (Å²) in [6, 6.07) is 13.1. The van der Waals surface area contributed by atoms with Gasteiger partial charge in [0.1, 0.15) is 6.04 Å². The van der Waals surface area contributed by atoms with Crippen LogP contribution in [0.2, 0.25) is 0 Å². The van der Waals surface area contributed by atoms with Gasteiger partial charge in [0, 0.05) is 11.6 Å². The molecule has 1 aliphatic rings. The van der Waals surface area contributed by atoms with Gasteiger partial charge in [-0.2, -0.15) is 0 Å². The molecule has 4 amide bonds. The Morgan fingerprint density at radius 3 is 2.14 bits per heavy atom. The number of hydrogen-bond acceptors (Lipinski definition) is 4. The first-order valence-electron chi connectivity index (χ1n) is 11.8. The predicted octanol–water partition coefficient (Wildman–Crippen LogP) is 4.49. The van der Waals surface area contributed by atoms with Crippen LogP contribution >= 0.6 is 0 Å². The van der Waals surface area contributed by atoms with Gasteiger partial charge in [0.15, 0.2) is 0 Å². The van der Waals surface area contributed by atoms with Crippen LogP contribution in [0.1, 0.15) is 75.4 Å². The predicted molar refractivity (Wildman–Crippen MR) is 136 cm³/mol. The van der Waals surface area contributed by atoms with Crippen LogP contribution in [0.15, 0.2) is 60.7 Å². The molecule has 1 heterocycles. The van der Waals surface area contributed by atoms with E-state index in [1.165, 1.54) is 12.2 Å². The normalized spacial score (nSPS) is 16.3. The van der Waals surface area contributed by atoms with Gasteiger partial charge in [0.25, 0.3) is 17.7 Å². The van der Waals surface area contributed by atoms with E-state index in [1.807, 2.05) is 24.3 Å². The SMILES string of the molecule is CC=CC(=O)N(NC(=O)c1ccc(C(C)(C)C)cc1)C1CC(=O)N(c2ccc(C(C)C)cc2)C1=O. The fourth-order valence-corrected chi connectivity index (χ4v) is 3.90. The molecule has 0 spiro atoms. The number of carbonyl (C=O) groups is 4. The molecule has 35 heavy (non-hydrogen) atoms. The quantitative estimate of drug-likeness (QED) is 0.392. The van der Waals surface area contributed by atoms with Crippen molar-refractivity contribution in [1.29, 1.82) is 0 Å². The van der Waals surface area contributed by atoms with E-state index < -0.39 is 29.7 Å². The number of imide groups is 1. The molecule has 2 aromatic carbocycles. The molecule has 184 valence electrons. The number of hydrazine groups is 1. The van der Waals surface area contributed by atoms with E-state index in [0.29, 0.717) is 17.2 Å². The first-order chi connectivity index (χ1) is 16.4. The summed E-state index contributed by atoms with van der Waals surface area (Å²) in [5, 5.41) is 0.961. The zero-order valence-corrected chi connectivity index (χ0v) is 21.2. The van der Waals surface area contributed by atoms with Crippen LogP contribution in [0.3, 0.4) is 0 Å². The van der Waals surface area contributed by atoms with Crippen molar-refractivity contribution in [3.63, 3.8) is 0 Å². The number of benzene rings is 2. The molecule has 0 aliphatic carbocycles. The van der Waals surface area contributed by atoms with E-state index in [4.69, 9.17) is 0 Å². The summed E-state index contributed by atoms with van der Waals surface area (Å²) in [5.41, 5.74) is 5.41. The number of hydrogen-bond donors (Lipinski definition) is 1. The number of nitrogens with zero attached hydrogens (tertiary/aromatic N) is 2. The monoisotopic (exact) mass is 475 g/mol. The highest BCUT2D eigenvalue weighted by atomic mass is 16.2. The maximum absolute atomic E-state index is 13.3. The van der Waals surface area contributed by atoms with Gasteiger partial charge in [-0.15, -0.1) is 0 Å². The Bertz CT molecular complexity index is 1140. The summed E-state index contributed by atoms with van der Waals surface area (Å²) in [4.78, 5) is 53.0. The maximum Gasteiger partial charge on any atom is 0.269 e. The Balaban J connectivity index is 1.86. The first-order valence-corrected chi connectivity index (χ1v) is 11.8. The van der Waals surface area contributed by atoms with Gasteiger partial charge in [0.2, 0.25) is 5.91 Å². The molecule has 3 rings (SSSR count). The second kappa shape index (κ2) is 10.3. The average molecular weight is 476 g/mol. The lowest BCUT2D eigenvalue weighted by molar-refractivity contribution is -0.137. The largest absolute Gasteiger partial charge is 0.274 e. The highest BCUT2D eigenvalue weighted by Crippen LogP contribution is 2.27. The summed E-state index contributed by atoms with van der Waals surface area (Å²) in [5.74, 6) is -1.81. The minimum atomic E-state index is -1.14. The molecule has 7 heteroatoms. The molecule has 2 aromatic rings. The Morgan fingerprint density at radius 2 is 1.63 bits per heavy atom. The number of nitrogens with one attached hydrogen (secondary N) is 1. The summed E-state index contributed by atoms with van der Waals surface area (Å²) >= 11 is 0. The molecule has 1 N–H and O–H groups in total. The highest BCUT2D eigenvalue weighted by molar-refractivity contribution is 6.23. The van der Waals surface area contributed by atoms with Gasteiger partial charge < -0.3 is 0 Å². The number of rotatable bonds is 5. The van der Waals surface area contributed by atoms with Crippen molar-refractivity contribution < 1.29 is 19.2 Å². The molecule has 1 saturated heterocycles. The molecular weight excluding hydrogens is 442 g/mol. The van der Waals surface area contributed by atoms with Crippen LogP contribution in [0.5, 0.6) is 0 Å². The van der Waals surface area contributed by atoms with Crippen LogP contribution < -0.4 is 10.3 Å². The summed E-state index contributed by atoms with van der Waals surface area (Å²) in [6.07, 6.45) is 2.54. The van der Waals surface area contributed by atoms with Gasteiger partial charge in [-0.25, -0.2) is 9.91 Å². The molecule has 0 saturated carbocycles. The van der Waals surface area contributed by atoms with Gasteiger partial charge >= 0.3 is 0 Å². The van der Waals surface area contributed by atoms with E-state index in [2.05, 4.69) is 40.0 Å². The molecule has 7 nitrogen and oxygen atoms in total. The topological polar surface area (TPSA) is 86.8 Å². The van der Waals surface area contributed by atoms with Crippen LogP contribution in [-0.4, -0.2) is 34.7 Å². The van der Waals surface area contributed by atoms with Gasteiger partial charge in [-0.1, -0.05) is 65.0 Å². The molecular formula is C28H33N3O4. The molecule has 0 radical (unpaired) electrons. The molecule has 0 bridgehead atoms. The lowest BCUT2D eigenvalue weighted by Gasteiger charge is -2.27. The fourth-order valence-electron chi connectivity index (χ4n) is 3.90. The number of amides is 4. The summed E-state index contributed by atoms with van der Waals surface area (Å²) in [6.45, 7) is 12.0. The molecule has 1 atom stereocenters. The molecule has 1 fully saturated rings. The van der Waals surface area contributed by atoms with E-state index in [9.17, 15) is 19.2 Å². The second-order valence-corrected chi connectivity index (χ2v) is 10.0. The smallest absolute Gasteiger partial charge is 0.269 e. The Kier molecular flexibility index (Phi) is 7.58. The lowest BCUT2D eigenvalue weighted by Crippen LogP contribution is -2.54. The van der Waals surface area contributed by atoms with E-state index >= 15 is 0 Å². The van der Waals surface area contributed by atoms with Crippen molar-refractivity contribution >= 4 is 29.3 Å². The summed E-state index contributed by atoms with van der Waals surface area (Å²) in [7, 11) is 0. The highest BCUT2D eigenvalue weighted by Gasteiger charge is 2.45. The van der Waals surface area contributed by atoms with E-state index in [1.54, 1.807) is 31.2 Å². The van der Waals surface area contributed by atoms with Gasteiger partial charge in [-0.3, -0.25) is 24.6 Å². The van der Waals surface area contributed by atoms with E-state index in [-0.39, 0.29) is 11.8 Å². The van der Waals surface area contributed by atoms with Crippen molar-refractivity contribution in [3.8, 4) is 0 Å². The number of carbonyl (C=O) groups excluding carboxylic acids is 4.